The SMILES string of the molecule is COc1cc(OC)c2c(=O)cc(-c3ccc(Br)cc3)oc2c1[C@H]1CCN(C)[C@@H]1CO. The number of nitrogens with zero attached hydrogens (tertiary/aromatic N) is 1. The normalized spacial score (nSPS) is 19.4. The van der Waals surface area contributed by atoms with Crippen LogP contribution >= 0.6 is 15.9 Å². The van der Waals surface area contributed by atoms with Crippen molar-refractivity contribution in [3.05, 3.63) is 56.7 Å². The van der Waals surface area contributed by atoms with Gasteiger partial charge in [-0.05, 0) is 32.1 Å². The van der Waals surface area contributed by atoms with Gasteiger partial charge in [0.25, 0.3) is 0 Å². The lowest BCUT2D eigenvalue weighted by molar-refractivity contribution is 0.171. The first kappa shape index (κ1) is 20.9. The number of hydrogen-bond donors (Lipinski definition) is 1. The van der Waals surface area contributed by atoms with Gasteiger partial charge in [0.2, 0.25) is 0 Å². The van der Waals surface area contributed by atoms with Crippen molar-refractivity contribution in [1.29, 1.82) is 0 Å². The molecule has 3 aromatic rings. The molecule has 0 unspecified atom stereocenters. The van der Waals surface area contributed by atoms with Gasteiger partial charge in [0.15, 0.2) is 5.43 Å². The van der Waals surface area contributed by atoms with Crippen molar-refractivity contribution in [1.82, 2.24) is 4.90 Å². The summed E-state index contributed by atoms with van der Waals surface area (Å²) >= 11 is 3.43. The molecule has 4 rings (SSSR count). The number of benzene rings is 2. The molecule has 1 saturated heterocycles. The van der Waals surface area contributed by atoms with Gasteiger partial charge in [0, 0.05) is 39.7 Å². The first-order valence-corrected chi connectivity index (χ1v) is 10.6. The third-order valence-corrected chi connectivity index (χ3v) is 6.44. The summed E-state index contributed by atoms with van der Waals surface area (Å²) in [5, 5.41) is 10.4. The third kappa shape index (κ3) is 3.51. The van der Waals surface area contributed by atoms with E-state index >= 15 is 0 Å². The van der Waals surface area contributed by atoms with Gasteiger partial charge in [0.05, 0.1) is 20.8 Å². The Morgan fingerprint density at radius 3 is 2.50 bits per heavy atom. The highest BCUT2D eigenvalue weighted by molar-refractivity contribution is 9.10. The highest BCUT2D eigenvalue weighted by Gasteiger charge is 2.37. The van der Waals surface area contributed by atoms with E-state index < -0.39 is 0 Å². The molecule has 0 aliphatic carbocycles. The number of hydrogen-bond acceptors (Lipinski definition) is 6. The number of aliphatic hydroxyl groups is 1. The summed E-state index contributed by atoms with van der Waals surface area (Å²) in [4.78, 5) is 15.3. The van der Waals surface area contributed by atoms with Crippen LogP contribution in [-0.2, 0) is 0 Å². The van der Waals surface area contributed by atoms with Crippen molar-refractivity contribution in [3.63, 3.8) is 0 Å². The van der Waals surface area contributed by atoms with Crippen molar-refractivity contribution >= 4 is 26.9 Å². The predicted octanol–water partition coefficient (Wildman–Crippen LogP) is 4.02. The average Bonchev–Trinajstić information content (AvgIpc) is 3.12. The van der Waals surface area contributed by atoms with Gasteiger partial charge in [-0.25, -0.2) is 0 Å². The second-order valence-electron chi connectivity index (χ2n) is 7.51. The van der Waals surface area contributed by atoms with Crippen molar-refractivity contribution in [2.24, 2.45) is 0 Å². The van der Waals surface area contributed by atoms with E-state index in [-0.39, 0.29) is 24.0 Å². The lowest BCUT2D eigenvalue weighted by atomic mass is 9.89. The molecule has 0 bridgehead atoms. The van der Waals surface area contributed by atoms with Gasteiger partial charge in [-0.3, -0.25) is 4.79 Å². The molecule has 0 amide bonds. The van der Waals surface area contributed by atoms with Crippen LogP contribution in [0.5, 0.6) is 11.5 Å². The predicted molar refractivity (Wildman–Crippen MR) is 120 cm³/mol. The van der Waals surface area contributed by atoms with Crippen molar-refractivity contribution in [2.75, 3.05) is 34.4 Å². The minimum Gasteiger partial charge on any atom is -0.496 e. The van der Waals surface area contributed by atoms with E-state index in [0.29, 0.717) is 28.2 Å². The Morgan fingerprint density at radius 1 is 1.17 bits per heavy atom. The Kier molecular flexibility index (Phi) is 5.86. The largest absolute Gasteiger partial charge is 0.496 e. The maximum absolute atomic E-state index is 13.2. The van der Waals surface area contributed by atoms with E-state index in [4.69, 9.17) is 13.9 Å². The summed E-state index contributed by atoms with van der Waals surface area (Å²) in [7, 11) is 5.10. The second kappa shape index (κ2) is 8.41. The first-order valence-electron chi connectivity index (χ1n) is 9.78. The summed E-state index contributed by atoms with van der Waals surface area (Å²) in [5.41, 5.74) is 1.87. The van der Waals surface area contributed by atoms with Crippen LogP contribution in [-0.4, -0.2) is 50.5 Å². The molecule has 1 aromatic heterocycles. The van der Waals surface area contributed by atoms with Crippen molar-refractivity contribution < 1.29 is 19.0 Å². The van der Waals surface area contributed by atoms with Gasteiger partial charge >= 0.3 is 0 Å². The fourth-order valence-electron chi connectivity index (χ4n) is 4.35. The molecule has 2 atom stereocenters. The number of fused-ring (bicyclic) bond motifs is 1. The Labute approximate surface area is 183 Å². The average molecular weight is 474 g/mol. The summed E-state index contributed by atoms with van der Waals surface area (Å²) in [6.45, 7) is 0.845. The van der Waals surface area contributed by atoms with E-state index in [1.54, 1.807) is 13.2 Å². The molecule has 1 N–H and O–H groups in total. The molecule has 6 nitrogen and oxygen atoms in total. The van der Waals surface area contributed by atoms with E-state index in [9.17, 15) is 9.90 Å². The zero-order chi connectivity index (χ0) is 21.4. The number of likely N-dealkylation sites (tertiary alicyclic amines) is 1. The van der Waals surface area contributed by atoms with Crippen molar-refractivity contribution in [2.45, 2.75) is 18.4 Å². The number of methoxy groups -OCH3 is 2. The van der Waals surface area contributed by atoms with Gasteiger partial charge in [0.1, 0.15) is 28.2 Å². The summed E-state index contributed by atoms with van der Waals surface area (Å²) in [6, 6.07) is 10.7. The summed E-state index contributed by atoms with van der Waals surface area (Å²) in [6.07, 6.45) is 0.825. The molecule has 30 heavy (non-hydrogen) atoms. The van der Waals surface area contributed by atoms with E-state index in [1.807, 2.05) is 31.3 Å². The minimum absolute atomic E-state index is 0.00841. The van der Waals surface area contributed by atoms with Crippen LogP contribution in [0.25, 0.3) is 22.3 Å². The van der Waals surface area contributed by atoms with Gasteiger partial charge in [-0.15, -0.1) is 0 Å². The van der Waals surface area contributed by atoms with Crippen LogP contribution in [0.3, 0.4) is 0 Å². The number of halogens is 1. The zero-order valence-corrected chi connectivity index (χ0v) is 18.7. The second-order valence-corrected chi connectivity index (χ2v) is 8.42. The molecule has 2 heterocycles. The van der Waals surface area contributed by atoms with Crippen LogP contribution in [0.1, 0.15) is 17.9 Å². The molecular formula is C23H24BrNO5. The Bertz CT molecular complexity index is 1130. The van der Waals surface area contributed by atoms with Crippen LogP contribution in [0.4, 0.5) is 0 Å². The molecule has 1 fully saturated rings. The van der Waals surface area contributed by atoms with Crippen molar-refractivity contribution in [3.8, 4) is 22.8 Å². The number of aliphatic hydroxyl groups excluding tert-OH is 1. The van der Waals surface area contributed by atoms with Gasteiger partial charge in [-0.2, -0.15) is 0 Å². The van der Waals surface area contributed by atoms with Crippen LogP contribution in [0.2, 0.25) is 0 Å². The molecule has 7 heteroatoms. The van der Waals surface area contributed by atoms with Gasteiger partial charge < -0.3 is 23.9 Å². The standard InChI is InChI=1S/C23H24BrNO5/c1-25-9-8-15(16(25)12-26)21-19(28-2)11-20(29-3)22-17(27)10-18(30-23(21)22)13-4-6-14(24)7-5-13/h4-7,10-11,15-16,26H,8-9,12H2,1-3H3/t15-,16+/m0/s1. The summed E-state index contributed by atoms with van der Waals surface area (Å²) in [5.74, 6) is 1.44. The van der Waals surface area contributed by atoms with Crippen LogP contribution in [0.15, 0.2) is 50.1 Å². The third-order valence-electron chi connectivity index (χ3n) is 5.92. The van der Waals surface area contributed by atoms with E-state index in [2.05, 4.69) is 20.8 Å². The maximum Gasteiger partial charge on any atom is 0.197 e. The van der Waals surface area contributed by atoms with E-state index in [1.165, 1.54) is 13.2 Å². The summed E-state index contributed by atoms with van der Waals surface area (Å²) < 4.78 is 18.5. The molecule has 1 aliphatic heterocycles. The maximum atomic E-state index is 13.2. The highest BCUT2D eigenvalue weighted by atomic mass is 79.9. The molecule has 0 radical (unpaired) electrons. The number of ether oxygens (including phenoxy) is 2. The zero-order valence-electron chi connectivity index (χ0n) is 17.1. The van der Waals surface area contributed by atoms with Crippen LogP contribution < -0.4 is 14.9 Å². The fourth-order valence-corrected chi connectivity index (χ4v) is 4.61. The highest BCUT2D eigenvalue weighted by Crippen LogP contribution is 2.44. The van der Waals surface area contributed by atoms with Crippen LogP contribution in [0, 0.1) is 0 Å². The molecule has 0 spiro atoms. The Morgan fingerprint density at radius 2 is 1.87 bits per heavy atom. The monoisotopic (exact) mass is 473 g/mol. The molecular weight excluding hydrogens is 450 g/mol. The van der Waals surface area contributed by atoms with E-state index in [0.717, 1.165) is 28.6 Å². The molecule has 2 aromatic carbocycles. The smallest absolute Gasteiger partial charge is 0.197 e. The Hall–Kier alpha value is -2.35. The minimum atomic E-state index is -0.179. The first-order chi connectivity index (χ1) is 14.5. The quantitative estimate of drug-likeness (QED) is 0.603. The lowest BCUT2D eigenvalue weighted by Gasteiger charge is -2.25. The molecule has 158 valence electrons. The fraction of sp³-hybridized carbons (Fsp3) is 0.348. The molecule has 1 aliphatic rings. The lowest BCUT2D eigenvalue weighted by Crippen LogP contribution is -2.32. The van der Waals surface area contributed by atoms with Gasteiger partial charge in [-0.1, -0.05) is 28.1 Å². The number of likely N-dealkylation sites (N-methyl/N-ethyl adjacent to an activating group) is 1. The number of rotatable bonds is 5. The topological polar surface area (TPSA) is 72.1 Å². The Balaban J connectivity index is 2.03. The molecule has 0 saturated carbocycles.